The summed E-state index contributed by atoms with van der Waals surface area (Å²) in [7, 11) is 0. The van der Waals surface area contributed by atoms with Crippen LogP contribution in [0.25, 0.3) is 11.1 Å². The molecule has 0 amide bonds. The zero-order valence-electron chi connectivity index (χ0n) is 31.7. The fourth-order valence-electron chi connectivity index (χ4n) is 6.13. The van der Waals surface area contributed by atoms with E-state index in [0.717, 1.165) is 6.42 Å². The summed E-state index contributed by atoms with van der Waals surface area (Å²) < 4.78 is 1.42. The van der Waals surface area contributed by atoms with E-state index in [9.17, 15) is 0 Å². The van der Waals surface area contributed by atoms with Gasteiger partial charge in [-0.05, 0) is 28.4 Å². The van der Waals surface area contributed by atoms with Crippen LogP contribution in [0.1, 0.15) is 118 Å². The maximum atomic E-state index is 3.67. The van der Waals surface area contributed by atoms with Crippen LogP contribution in [-0.2, 0) is 46.9 Å². The molecule has 0 bridgehead atoms. The van der Waals surface area contributed by atoms with Crippen LogP contribution in [0, 0.1) is 26.8 Å². The molecule has 0 radical (unpaired) electrons. The third kappa shape index (κ3) is 11.3. The number of fused-ring (bicyclic) bond motifs is 3. The van der Waals surface area contributed by atoms with E-state index in [1.54, 1.807) is 0 Å². The third-order valence-electron chi connectivity index (χ3n) is 8.92. The molecule has 0 heterocycles. The van der Waals surface area contributed by atoms with Crippen molar-refractivity contribution in [1.82, 2.24) is 0 Å². The smallest absolute Gasteiger partial charge is 1.00 e. The van der Waals surface area contributed by atoms with Crippen molar-refractivity contribution in [1.29, 1.82) is 0 Å². The summed E-state index contributed by atoms with van der Waals surface area (Å²) in [5.74, 6) is 0. The first-order valence-electron chi connectivity index (χ1n) is 17.0. The van der Waals surface area contributed by atoms with E-state index in [1.807, 2.05) is 0 Å². The second-order valence-corrected chi connectivity index (χ2v) is 17.5. The topological polar surface area (TPSA) is 0 Å². The predicted molar refractivity (Wildman–Crippen MR) is 202 cm³/mol. The molecule has 0 aromatic heterocycles. The van der Waals surface area contributed by atoms with Crippen molar-refractivity contribution in [2.75, 3.05) is 0 Å². The Hall–Kier alpha value is -2.44. The first-order valence-corrected chi connectivity index (χ1v) is 18.2. The first-order chi connectivity index (χ1) is 21.8. The molecule has 0 aliphatic heterocycles. The zero-order chi connectivity index (χ0) is 34.7. The maximum Gasteiger partial charge on any atom is -1.00 e. The Morgan fingerprint density at radius 2 is 1.20 bits per heavy atom. The van der Waals surface area contributed by atoms with Crippen molar-refractivity contribution < 1.29 is 49.0 Å². The fraction of sp³-hybridized carbons (Fsp3) is 0.348. The van der Waals surface area contributed by atoms with Crippen molar-refractivity contribution in [2.45, 2.75) is 106 Å². The van der Waals surface area contributed by atoms with Gasteiger partial charge in [-0.15, -0.1) is 11.1 Å². The van der Waals surface area contributed by atoms with E-state index < -0.39 is 0 Å². The van der Waals surface area contributed by atoms with E-state index >= 15 is 0 Å². The van der Waals surface area contributed by atoms with Gasteiger partial charge in [0.15, 0.2) is 0 Å². The Morgan fingerprint density at radius 3 is 1.69 bits per heavy atom. The van der Waals surface area contributed by atoms with E-state index in [-0.39, 0.29) is 35.6 Å². The third-order valence-corrected chi connectivity index (χ3v) is 10.3. The van der Waals surface area contributed by atoms with Gasteiger partial charge < -0.3 is 24.8 Å². The molecule has 258 valence electrons. The summed E-state index contributed by atoms with van der Waals surface area (Å²) in [6, 6.07) is 39.0. The average molecular weight is 769 g/mol. The van der Waals surface area contributed by atoms with Gasteiger partial charge in [-0.25, -0.2) is 6.07 Å². The van der Waals surface area contributed by atoms with Crippen molar-refractivity contribution in [3.63, 3.8) is 0 Å². The van der Waals surface area contributed by atoms with Gasteiger partial charge in [0.05, 0.1) is 0 Å². The minimum Gasteiger partial charge on any atom is -1.00 e. The van der Waals surface area contributed by atoms with Gasteiger partial charge in [-0.2, -0.15) is 46.5 Å². The van der Waals surface area contributed by atoms with Crippen LogP contribution in [-0.4, -0.2) is 3.21 Å². The molecule has 0 unspecified atom stereocenters. The Morgan fingerprint density at radius 1 is 0.633 bits per heavy atom. The Balaban J connectivity index is 0.000000264. The molecule has 0 spiro atoms. The second kappa shape index (κ2) is 17.2. The van der Waals surface area contributed by atoms with E-state index in [2.05, 4.69) is 186 Å². The van der Waals surface area contributed by atoms with Crippen molar-refractivity contribution in [3.05, 3.63) is 159 Å². The molecular weight excluding hydrogens is 715 g/mol. The molecule has 3 heteroatoms. The van der Waals surface area contributed by atoms with E-state index in [1.165, 1.54) is 94.2 Å². The largest absolute Gasteiger partial charge is 1.00 e. The summed E-state index contributed by atoms with van der Waals surface area (Å²) in [5, 5.41) is 0. The van der Waals surface area contributed by atoms with Gasteiger partial charge in [0.1, 0.15) is 0 Å². The maximum absolute atomic E-state index is 3.67. The van der Waals surface area contributed by atoms with Crippen LogP contribution in [0.4, 0.5) is 0 Å². The molecule has 49 heavy (non-hydrogen) atoms. The zero-order valence-corrected chi connectivity index (χ0v) is 35.7. The van der Waals surface area contributed by atoms with Crippen LogP contribution >= 0.6 is 0 Å². The number of hydrogen-bond acceptors (Lipinski definition) is 0. The first kappa shape index (κ1) is 42.7. The van der Waals surface area contributed by atoms with Gasteiger partial charge in [-0.1, -0.05) is 105 Å². The van der Waals surface area contributed by atoms with Crippen LogP contribution in [0.3, 0.4) is 0 Å². The molecule has 5 aromatic rings. The van der Waals surface area contributed by atoms with E-state index in [4.69, 9.17) is 0 Å². The predicted octanol–water partition coefficient (Wildman–Crippen LogP) is 6.09. The standard InChI is InChI=1S/C21H25.C14H12.C11H17.2ClH.Zr/c1-20(2,3)16-7-9-18-14(12-16)11-15-13-17(21(4,5)6)8-10-19(15)18;1-12-7-9-14(10-8-12)11-13-5-3-2-4-6-13;1-8-6-9(2)10(7-8)11(3,4)5;;;/h7-10,12H,11H2,1-6H3;2-10H,1H3;6-7H,1-5H3;2*1H;/q-1;;-1;;;+2/p-2. The molecule has 6 rings (SSSR count). The van der Waals surface area contributed by atoms with Gasteiger partial charge in [0.2, 0.25) is 0 Å². The number of halogens is 2. The van der Waals surface area contributed by atoms with Crippen LogP contribution in [0.5, 0.6) is 0 Å². The summed E-state index contributed by atoms with van der Waals surface area (Å²) in [6.07, 6.45) is 1.03. The SMILES string of the molecule is CC(C)(C)c1[c-]c2c(cc1)-c1ccc(C(C)(C)C)cc1C2.Cc1cc(C(C)(C)C)c(C)[cH-]1.Cc1ccc([C](=[Zr+2])c2ccccc2)cc1.[Cl-].[Cl-]. The van der Waals surface area contributed by atoms with Gasteiger partial charge in [0, 0.05) is 0 Å². The quantitative estimate of drug-likeness (QED) is 0.187. The number of hydrogen-bond donors (Lipinski definition) is 0. The fourth-order valence-corrected chi connectivity index (χ4v) is 6.95. The number of benzene rings is 4. The summed E-state index contributed by atoms with van der Waals surface area (Å²) >= 11 is 1.46. The minimum atomic E-state index is 0. The molecular formula is C46H54Cl2Zr-2. The van der Waals surface area contributed by atoms with Crippen LogP contribution in [0.15, 0.2) is 97.1 Å². The molecule has 0 fully saturated rings. The summed E-state index contributed by atoms with van der Waals surface area (Å²) in [5.41, 5.74) is 17.3. The van der Waals surface area contributed by atoms with Crippen LogP contribution < -0.4 is 24.8 Å². The Labute approximate surface area is 325 Å². The molecule has 0 saturated heterocycles. The normalized spacial score (nSPS) is 11.8. The molecule has 1 aliphatic carbocycles. The molecule has 5 aromatic carbocycles. The molecule has 1 aliphatic rings. The molecule has 0 saturated carbocycles. The number of rotatable bonds is 2. The average Bonchev–Trinajstić information content (AvgIpc) is 3.55. The summed E-state index contributed by atoms with van der Waals surface area (Å²) in [6.45, 7) is 26.8. The Bertz CT molecular complexity index is 1760. The number of aryl methyl sites for hydroxylation is 3. The molecule has 0 atom stereocenters. The van der Waals surface area contributed by atoms with E-state index in [0.29, 0.717) is 5.41 Å². The van der Waals surface area contributed by atoms with Crippen molar-refractivity contribution in [2.24, 2.45) is 0 Å². The second-order valence-electron chi connectivity index (χ2n) is 16.3. The van der Waals surface area contributed by atoms with Crippen molar-refractivity contribution >= 4 is 3.21 Å². The monoisotopic (exact) mass is 766 g/mol. The minimum absolute atomic E-state index is 0. The Kier molecular flexibility index (Phi) is 15.0. The van der Waals surface area contributed by atoms with Crippen molar-refractivity contribution in [3.8, 4) is 11.1 Å². The molecule has 0 nitrogen and oxygen atoms in total. The van der Waals surface area contributed by atoms with Gasteiger partial charge in [-0.3, -0.25) is 0 Å². The van der Waals surface area contributed by atoms with Gasteiger partial charge >= 0.3 is 106 Å². The summed E-state index contributed by atoms with van der Waals surface area (Å²) in [4.78, 5) is 0. The van der Waals surface area contributed by atoms with Gasteiger partial charge in [0.25, 0.3) is 0 Å². The molecule has 0 N–H and O–H groups in total. The van der Waals surface area contributed by atoms with Crippen LogP contribution in [0.2, 0.25) is 0 Å².